The molecule has 0 aromatic heterocycles. The maximum Gasteiger partial charge on any atom is 0.324 e. The second-order valence-corrected chi connectivity index (χ2v) is 4.18. The summed E-state index contributed by atoms with van der Waals surface area (Å²) in [6, 6.07) is -0.402. The highest BCUT2D eigenvalue weighted by Gasteiger charge is 2.26. The summed E-state index contributed by atoms with van der Waals surface area (Å²) in [7, 11) is 0. The van der Waals surface area contributed by atoms with Crippen molar-refractivity contribution in [2.75, 3.05) is 13.1 Å². The van der Waals surface area contributed by atoms with Crippen molar-refractivity contribution >= 4 is 35.1 Å². The van der Waals surface area contributed by atoms with Crippen molar-refractivity contribution in [3.8, 4) is 0 Å². The van der Waals surface area contributed by atoms with Gasteiger partial charge in [0.05, 0.1) is 0 Å². The zero-order valence-corrected chi connectivity index (χ0v) is 9.14. The van der Waals surface area contributed by atoms with Crippen LogP contribution in [0.5, 0.6) is 0 Å². The Hall–Kier alpha value is -0.480. The molecule has 80 valence electrons. The fourth-order valence-corrected chi connectivity index (χ4v) is 1.53. The Kier molecular flexibility index (Phi) is 4.48. The van der Waals surface area contributed by atoms with Crippen LogP contribution in [0.3, 0.4) is 0 Å². The number of imide groups is 1. The molecule has 1 N–H and O–H groups in total. The normalized spacial score (nSPS) is 18.8. The van der Waals surface area contributed by atoms with E-state index in [4.69, 9.17) is 23.2 Å². The Morgan fingerprint density at radius 2 is 2.07 bits per heavy atom. The molecular formula is C8H12Cl2N2O2. The summed E-state index contributed by atoms with van der Waals surface area (Å²) in [4.78, 5) is 22.7. The predicted molar refractivity (Wildman–Crippen MR) is 54.5 cm³/mol. The van der Waals surface area contributed by atoms with Crippen LogP contribution in [-0.2, 0) is 4.79 Å². The van der Waals surface area contributed by atoms with Gasteiger partial charge >= 0.3 is 6.03 Å². The standard InChI is InChI=1S/C8H12Cl2N2O2/c9-6(10)7(13)12-5-3-1-2-4-11-8(12)14/h6H,1-5H2,(H,11,14). The first-order valence-electron chi connectivity index (χ1n) is 4.50. The summed E-state index contributed by atoms with van der Waals surface area (Å²) in [5, 5.41) is 2.62. The summed E-state index contributed by atoms with van der Waals surface area (Å²) in [5.41, 5.74) is 0. The summed E-state index contributed by atoms with van der Waals surface area (Å²) >= 11 is 10.8. The molecule has 14 heavy (non-hydrogen) atoms. The van der Waals surface area contributed by atoms with Gasteiger partial charge in [0.25, 0.3) is 5.91 Å². The second-order valence-electron chi connectivity index (χ2n) is 3.08. The fourth-order valence-electron chi connectivity index (χ4n) is 1.29. The molecule has 0 bridgehead atoms. The minimum atomic E-state index is -1.17. The summed E-state index contributed by atoms with van der Waals surface area (Å²) < 4.78 is 0. The number of rotatable bonds is 1. The summed E-state index contributed by atoms with van der Waals surface area (Å²) in [6.45, 7) is 0.985. The Morgan fingerprint density at radius 3 is 2.71 bits per heavy atom. The molecule has 1 rings (SSSR count). The molecule has 0 aromatic rings. The van der Waals surface area contributed by atoms with E-state index in [1.165, 1.54) is 0 Å². The number of nitrogens with one attached hydrogen (secondary N) is 1. The van der Waals surface area contributed by atoms with Crippen LogP contribution in [0, 0.1) is 0 Å². The van der Waals surface area contributed by atoms with E-state index in [2.05, 4.69) is 5.32 Å². The van der Waals surface area contributed by atoms with Gasteiger partial charge in [-0.15, -0.1) is 0 Å². The molecule has 3 amide bonds. The van der Waals surface area contributed by atoms with Gasteiger partial charge < -0.3 is 5.32 Å². The molecule has 1 heterocycles. The van der Waals surface area contributed by atoms with E-state index < -0.39 is 16.8 Å². The van der Waals surface area contributed by atoms with E-state index >= 15 is 0 Å². The van der Waals surface area contributed by atoms with Gasteiger partial charge in [0.1, 0.15) is 0 Å². The van der Waals surface area contributed by atoms with E-state index in [0.29, 0.717) is 13.1 Å². The van der Waals surface area contributed by atoms with Crippen molar-refractivity contribution < 1.29 is 9.59 Å². The molecule has 0 spiro atoms. The van der Waals surface area contributed by atoms with E-state index in [-0.39, 0.29) is 0 Å². The van der Waals surface area contributed by atoms with Gasteiger partial charge in [-0.25, -0.2) is 4.79 Å². The van der Waals surface area contributed by atoms with E-state index in [0.717, 1.165) is 24.2 Å². The molecule has 4 nitrogen and oxygen atoms in total. The average molecular weight is 239 g/mol. The first-order chi connectivity index (χ1) is 6.63. The van der Waals surface area contributed by atoms with Crippen molar-refractivity contribution in [3.05, 3.63) is 0 Å². The minimum absolute atomic E-state index is 0.389. The molecule has 1 saturated heterocycles. The van der Waals surface area contributed by atoms with E-state index in [1.807, 2.05) is 0 Å². The number of halogens is 2. The number of hydrogen-bond donors (Lipinski definition) is 1. The lowest BCUT2D eigenvalue weighted by molar-refractivity contribution is -0.126. The van der Waals surface area contributed by atoms with Crippen molar-refractivity contribution in [2.24, 2.45) is 0 Å². The second kappa shape index (κ2) is 5.41. The quantitative estimate of drug-likeness (QED) is 0.705. The highest BCUT2D eigenvalue weighted by Crippen LogP contribution is 2.10. The number of carbonyl (C=O) groups is 2. The third-order valence-corrected chi connectivity index (χ3v) is 2.41. The zero-order chi connectivity index (χ0) is 10.6. The van der Waals surface area contributed by atoms with Gasteiger partial charge in [0.15, 0.2) is 4.84 Å². The molecule has 1 aliphatic rings. The van der Waals surface area contributed by atoms with Gasteiger partial charge in [-0.1, -0.05) is 23.2 Å². The Labute approximate surface area is 92.5 Å². The average Bonchev–Trinajstić information content (AvgIpc) is 2.11. The van der Waals surface area contributed by atoms with Crippen LogP contribution in [-0.4, -0.2) is 34.8 Å². The van der Waals surface area contributed by atoms with Crippen molar-refractivity contribution in [1.82, 2.24) is 10.2 Å². The summed E-state index contributed by atoms with van der Waals surface area (Å²) in [5.74, 6) is -0.548. The predicted octanol–water partition coefficient (Wildman–Crippen LogP) is 1.51. The van der Waals surface area contributed by atoms with Gasteiger partial charge in [-0.2, -0.15) is 0 Å². The largest absolute Gasteiger partial charge is 0.338 e. The third kappa shape index (κ3) is 3.03. The van der Waals surface area contributed by atoms with Gasteiger partial charge in [0, 0.05) is 13.1 Å². The maximum atomic E-state index is 11.4. The topological polar surface area (TPSA) is 49.4 Å². The maximum absolute atomic E-state index is 11.4. The van der Waals surface area contributed by atoms with Crippen LogP contribution in [0.1, 0.15) is 19.3 Å². The van der Waals surface area contributed by atoms with Gasteiger partial charge in [-0.05, 0) is 19.3 Å². The van der Waals surface area contributed by atoms with Gasteiger partial charge in [0.2, 0.25) is 0 Å². The minimum Gasteiger partial charge on any atom is -0.338 e. The lowest BCUT2D eigenvalue weighted by Crippen LogP contribution is -2.47. The van der Waals surface area contributed by atoms with Crippen LogP contribution in [0.2, 0.25) is 0 Å². The smallest absolute Gasteiger partial charge is 0.324 e. The molecule has 6 heteroatoms. The lowest BCUT2D eigenvalue weighted by Gasteiger charge is -2.23. The SMILES string of the molecule is O=C1NCCCCCN1C(=O)C(Cl)Cl. The summed E-state index contributed by atoms with van der Waals surface area (Å²) in [6.07, 6.45) is 2.73. The van der Waals surface area contributed by atoms with Crippen LogP contribution >= 0.6 is 23.2 Å². The molecular weight excluding hydrogens is 227 g/mol. The Balaban J connectivity index is 2.62. The first-order valence-corrected chi connectivity index (χ1v) is 5.37. The highest BCUT2D eigenvalue weighted by atomic mass is 35.5. The number of urea groups is 1. The molecule has 1 aliphatic heterocycles. The molecule has 1 fully saturated rings. The third-order valence-electron chi connectivity index (χ3n) is 2.03. The van der Waals surface area contributed by atoms with Crippen molar-refractivity contribution in [2.45, 2.75) is 24.1 Å². The van der Waals surface area contributed by atoms with E-state index in [1.54, 1.807) is 0 Å². The number of alkyl halides is 2. The molecule has 0 aromatic carbocycles. The molecule has 0 radical (unpaired) electrons. The number of carbonyl (C=O) groups excluding carboxylic acids is 2. The number of amides is 3. The van der Waals surface area contributed by atoms with Crippen LogP contribution < -0.4 is 5.32 Å². The van der Waals surface area contributed by atoms with Crippen LogP contribution in [0.25, 0.3) is 0 Å². The zero-order valence-electron chi connectivity index (χ0n) is 7.63. The molecule has 0 saturated carbocycles. The highest BCUT2D eigenvalue weighted by molar-refractivity contribution is 6.53. The monoisotopic (exact) mass is 238 g/mol. The number of hydrogen-bond acceptors (Lipinski definition) is 2. The van der Waals surface area contributed by atoms with Crippen molar-refractivity contribution in [3.63, 3.8) is 0 Å². The van der Waals surface area contributed by atoms with Crippen LogP contribution in [0.15, 0.2) is 0 Å². The van der Waals surface area contributed by atoms with Gasteiger partial charge in [-0.3, -0.25) is 9.69 Å². The Bertz CT molecular complexity index is 233. The van der Waals surface area contributed by atoms with E-state index in [9.17, 15) is 9.59 Å². The fraction of sp³-hybridized carbons (Fsp3) is 0.750. The number of nitrogens with zero attached hydrogens (tertiary/aromatic N) is 1. The first kappa shape index (κ1) is 11.6. The van der Waals surface area contributed by atoms with Crippen molar-refractivity contribution in [1.29, 1.82) is 0 Å². The molecule has 0 atom stereocenters. The molecule has 0 unspecified atom stereocenters. The van der Waals surface area contributed by atoms with Crippen LogP contribution in [0.4, 0.5) is 4.79 Å². The lowest BCUT2D eigenvalue weighted by atomic mass is 10.2. The Morgan fingerprint density at radius 1 is 1.36 bits per heavy atom. The molecule has 0 aliphatic carbocycles.